The van der Waals surface area contributed by atoms with E-state index in [1.54, 1.807) is 11.3 Å². The highest BCUT2D eigenvalue weighted by Crippen LogP contribution is 2.21. The van der Waals surface area contributed by atoms with Crippen LogP contribution < -0.4 is 5.32 Å². The summed E-state index contributed by atoms with van der Waals surface area (Å²) < 4.78 is 7.29. The maximum Gasteiger partial charge on any atom is 0.240 e. The summed E-state index contributed by atoms with van der Waals surface area (Å²) in [6.45, 7) is 3.34. The fourth-order valence-electron chi connectivity index (χ4n) is 2.66. The van der Waals surface area contributed by atoms with E-state index < -0.39 is 0 Å². The fraction of sp³-hybridized carbons (Fsp3) is 0.429. The van der Waals surface area contributed by atoms with Crippen LogP contribution in [0, 0.1) is 6.92 Å². The van der Waals surface area contributed by atoms with Gasteiger partial charge in [-0.3, -0.25) is 0 Å². The average Bonchev–Trinajstić information content (AvgIpc) is 3.23. The van der Waals surface area contributed by atoms with Crippen molar-refractivity contribution < 1.29 is 4.52 Å². The molecule has 7 nitrogen and oxygen atoms in total. The van der Waals surface area contributed by atoms with Crippen molar-refractivity contribution in [3.05, 3.63) is 35.1 Å². The van der Waals surface area contributed by atoms with Gasteiger partial charge in [0.1, 0.15) is 11.6 Å². The molecule has 0 amide bonds. The van der Waals surface area contributed by atoms with E-state index in [-0.39, 0.29) is 0 Å². The van der Waals surface area contributed by atoms with Gasteiger partial charge in [-0.25, -0.2) is 9.67 Å². The van der Waals surface area contributed by atoms with E-state index in [2.05, 4.69) is 25.5 Å². The third-order valence-corrected chi connectivity index (χ3v) is 4.58. The van der Waals surface area contributed by atoms with Crippen LogP contribution in [0.2, 0.25) is 0 Å². The van der Waals surface area contributed by atoms with Crippen LogP contribution in [0.25, 0.3) is 10.7 Å². The number of aromatic nitrogens is 5. The molecule has 0 saturated carbocycles. The summed E-state index contributed by atoms with van der Waals surface area (Å²) in [5, 5.41) is 13.9. The van der Waals surface area contributed by atoms with Crippen LogP contribution in [0.4, 0.5) is 0 Å². The molecule has 0 fully saturated rings. The van der Waals surface area contributed by atoms with Gasteiger partial charge in [-0.1, -0.05) is 11.2 Å². The molecule has 0 spiro atoms. The number of thiophene rings is 1. The first-order valence-electron chi connectivity index (χ1n) is 7.28. The lowest BCUT2D eigenvalue weighted by molar-refractivity contribution is 0.320. The average molecular weight is 316 g/mol. The maximum atomic E-state index is 5.30. The Balaban J connectivity index is 1.37. The van der Waals surface area contributed by atoms with Crippen LogP contribution in [0.3, 0.4) is 0 Å². The first kappa shape index (κ1) is 13.6. The van der Waals surface area contributed by atoms with E-state index in [1.807, 2.05) is 29.1 Å². The second kappa shape index (κ2) is 5.62. The second-order valence-corrected chi connectivity index (χ2v) is 6.31. The monoisotopic (exact) mass is 316 g/mol. The quantitative estimate of drug-likeness (QED) is 0.790. The smallest absolute Gasteiger partial charge is 0.240 e. The van der Waals surface area contributed by atoms with E-state index in [1.165, 1.54) is 0 Å². The van der Waals surface area contributed by atoms with E-state index >= 15 is 0 Å². The SMILES string of the molecule is Cc1nc2n(n1)C[C@@H](NCc1nc(-c3cccs3)no1)CC2. The van der Waals surface area contributed by atoms with Gasteiger partial charge in [0.05, 0.1) is 18.0 Å². The van der Waals surface area contributed by atoms with Crippen LogP contribution in [-0.2, 0) is 19.5 Å². The summed E-state index contributed by atoms with van der Waals surface area (Å²) in [5.41, 5.74) is 0. The number of fused-ring (bicyclic) bond motifs is 1. The van der Waals surface area contributed by atoms with Crippen LogP contribution in [0.1, 0.15) is 24.0 Å². The maximum absolute atomic E-state index is 5.30. The van der Waals surface area contributed by atoms with E-state index in [9.17, 15) is 0 Å². The molecule has 0 unspecified atom stereocenters. The van der Waals surface area contributed by atoms with Gasteiger partial charge in [-0.05, 0) is 24.8 Å². The lowest BCUT2D eigenvalue weighted by atomic mass is 10.1. The normalized spacial score (nSPS) is 17.6. The molecule has 0 aromatic carbocycles. The zero-order chi connectivity index (χ0) is 14.9. The van der Waals surface area contributed by atoms with Crippen LogP contribution in [0.15, 0.2) is 22.0 Å². The van der Waals surface area contributed by atoms with Crippen LogP contribution >= 0.6 is 11.3 Å². The molecule has 1 atom stereocenters. The summed E-state index contributed by atoms with van der Waals surface area (Å²) in [7, 11) is 0. The Hall–Kier alpha value is -2.06. The first-order valence-corrected chi connectivity index (χ1v) is 8.16. The van der Waals surface area contributed by atoms with Gasteiger partial charge >= 0.3 is 0 Å². The summed E-state index contributed by atoms with van der Waals surface area (Å²) in [6, 6.07) is 4.32. The molecule has 0 saturated heterocycles. The van der Waals surface area contributed by atoms with Crippen molar-refractivity contribution in [3.63, 3.8) is 0 Å². The first-order chi connectivity index (χ1) is 10.8. The van der Waals surface area contributed by atoms with Gasteiger partial charge in [0.2, 0.25) is 11.7 Å². The molecular weight excluding hydrogens is 300 g/mol. The van der Waals surface area contributed by atoms with Crippen molar-refractivity contribution in [2.75, 3.05) is 0 Å². The van der Waals surface area contributed by atoms with E-state index in [0.29, 0.717) is 24.3 Å². The van der Waals surface area contributed by atoms with Crippen molar-refractivity contribution in [2.45, 2.75) is 38.9 Å². The van der Waals surface area contributed by atoms with Crippen molar-refractivity contribution in [3.8, 4) is 10.7 Å². The number of aryl methyl sites for hydroxylation is 2. The van der Waals surface area contributed by atoms with Crippen molar-refractivity contribution >= 4 is 11.3 Å². The van der Waals surface area contributed by atoms with Gasteiger partial charge in [-0.2, -0.15) is 10.1 Å². The number of nitrogens with zero attached hydrogens (tertiary/aromatic N) is 5. The van der Waals surface area contributed by atoms with Crippen molar-refractivity contribution in [1.82, 2.24) is 30.2 Å². The largest absolute Gasteiger partial charge is 0.338 e. The highest BCUT2D eigenvalue weighted by molar-refractivity contribution is 7.13. The molecular formula is C14H16N6OS. The number of hydrogen-bond acceptors (Lipinski definition) is 7. The van der Waals surface area contributed by atoms with Gasteiger partial charge in [0, 0.05) is 12.5 Å². The Morgan fingerprint density at radius 3 is 3.27 bits per heavy atom. The minimum Gasteiger partial charge on any atom is -0.338 e. The van der Waals surface area contributed by atoms with Crippen LogP contribution in [0.5, 0.6) is 0 Å². The lowest BCUT2D eigenvalue weighted by Crippen LogP contribution is -2.37. The van der Waals surface area contributed by atoms with Crippen molar-refractivity contribution in [1.29, 1.82) is 0 Å². The number of hydrogen-bond donors (Lipinski definition) is 1. The summed E-state index contributed by atoms with van der Waals surface area (Å²) in [4.78, 5) is 9.86. The summed E-state index contributed by atoms with van der Waals surface area (Å²) in [6.07, 6.45) is 1.99. The van der Waals surface area contributed by atoms with Gasteiger partial charge in [0.25, 0.3) is 0 Å². The predicted molar refractivity (Wildman–Crippen MR) is 81.3 cm³/mol. The zero-order valence-electron chi connectivity index (χ0n) is 12.2. The molecule has 22 heavy (non-hydrogen) atoms. The minimum atomic E-state index is 0.352. The van der Waals surface area contributed by atoms with Crippen LogP contribution in [-0.4, -0.2) is 30.9 Å². The molecule has 3 aromatic heterocycles. The Morgan fingerprint density at radius 2 is 2.41 bits per heavy atom. The van der Waals surface area contributed by atoms with Crippen molar-refractivity contribution in [2.24, 2.45) is 0 Å². The molecule has 4 heterocycles. The van der Waals surface area contributed by atoms with E-state index in [0.717, 1.165) is 35.9 Å². The molecule has 114 valence electrons. The molecule has 0 aliphatic carbocycles. The molecule has 0 bridgehead atoms. The molecule has 0 radical (unpaired) electrons. The Morgan fingerprint density at radius 1 is 1.45 bits per heavy atom. The molecule has 4 rings (SSSR count). The predicted octanol–water partition coefficient (Wildman–Crippen LogP) is 1.80. The second-order valence-electron chi connectivity index (χ2n) is 5.36. The van der Waals surface area contributed by atoms with Gasteiger partial charge in [-0.15, -0.1) is 11.3 Å². The summed E-state index contributed by atoms with van der Waals surface area (Å²) in [5.74, 6) is 3.19. The van der Waals surface area contributed by atoms with E-state index in [4.69, 9.17) is 4.52 Å². The number of nitrogens with one attached hydrogen (secondary N) is 1. The highest BCUT2D eigenvalue weighted by Gasteiger charge is 2.21. The van der Waals surface area contributed by atoms with Gasteiger partial charge in [0.15, 0.2) is 0 Å². The Bertz CT molecular complexity index is 762. The highest BCUT2D eigenvalue weighted by atomic mass is 32.1. The Kier molecular flexibility index (Phi) is 3.47. The topological polar surface area (TPSA) is 81.7 Å². The standard InChI is InChI=1S/C14H16N6OS/c1-9-16-12-5-4-10(8-20(12)18-9)15-7-13-17-14(19-21-13)11-3-2-6-22-11/h2-3,6,10,15H,4-5,7-8H2,1H3/t10-/m0/s1. The molecule has 3 aromatic rings. The third kappa shape index (κ3) is 2.67. The third-order valence-electron chi connectivity index (χ3n) is 3.72. The number of rotatable bonds is 4. The molecule has 1 N–H and O–H groups in total. The Labute approximate surface area is 131 Å². The molecule has 1 aliphatic heterocycles. The summed E-state index contributed by atoms with van der Waals surface area (Å²) >= 11 is 1.61. The fourth-order valence-corrected chi connectivity index (χ4v) is 3.31. The van der Waals surface area contributed by atoms with Gasteiger partial charge < -0.3 is 9.84 Å². The molecule has 1 aliphatic rings. The lowest BCUT2D eigenvalue weighted by Gasteiger charge is -2.22. The zero-order valence-corrected chi connectivity index (χ0v) is 13.0. The molecule has 8 heteroatoms. The minimum absolute atomic E-state index is 0.352.